The van der Waals surface area contributed by atoms with E-state index < -0.39 is 0 Å². The SMILES string of the molecule is CN1CCN(C(=O)[C@@H]2CC3(CCN(C(N)=O)CC3)c3ccccc32)CC1. The minimum absolute atomic E-state index is 0.00937. The molecule has 0 bridgehead atoms. The molecule has 0 radical (unpaired) electrons. The van der Waals surface area contributed by atoms with Gasteiger partial charge in [-0.25, -0.2) is 4.79 Å². The molecule has 1 spiro atoms. The van der Waals surface area contributed by atoms with Crippen LogP contribution in [-0.4, -0.2) is 73.0 Å². The summed E-state index contributed by atoms with van der Waals surface area (Å²) in [6.45, 7) is 4.88. The fourth-order valence-corrected chi connectivity index (χ4v) is 4.99. The first-order valence-electron chi connectivity index (χ1n) is 9.61. The lowest BCUT2D eigenvalue weighted by atomic mass is 9.73. The van der Waals surface area contributed by atoms with Crippen molar-refractivity contribution in [1.82, 2.24) is 14.7 Å². The molecule has 1 atom stereocenters. The zero-order chi connectivity index (χ0) is 18.3. The fourth-order valence-electron chi connectivity index (χ4n) is 4.99. The maximum Gasteiger partial charge on any atom is 0.314 e. The van der Waals surface area contributed by atoms with E-state index in [-0.39, 0.29) is 23.3 Å². The molecule has 1 aromatic carbocycles. The molecule has 0 unspecified atom stereocenters. The van der Waals surface area contributed by atoms with Crippen LogP contribution in [0.2, 0.25) is 0 Å². The first-order chi connectivity index (χ1) is 12.5. The van der Waals surface area contributed by atoms with Crippen molar-refractivity contribution in [1.29, 1.82) is 0 Å². The van der Waals surface area contributed by atoms with Gasteiger partial charge in [0.15, 0.2) is 0 Å². The molecular formula is C20H28N4O2. The van der Waals surface area contributed by atoms with Gasteiger partial charge in [-0.1, -0.05) is 24.3 Å². The molecule has 0 aromatic heterocycles. The molecule has 1 aromatic rings. The van der Waals surface area contributed by atoms with Crippen LogP contribution in [0.25, 0.3) is 0 Å². The zero-order valence-electron chi connectivity index (χ0n) is 15.5. The molecule has 1 aliphatic carbocycles. The van der Waals surface area contributed by atoms with E-state index in [1.54, 1.807) is 4.90 Å². The molecule has 2 saturated heterocycles. The summed E-state index contributed by atoms with van der Waals surface area (Å²) in [6.07, 6.45) is 2.64. The maximum atomic E-state index is 13.3. The number of urea groups is 1. The molecule has 140 valence electrons. The van der Waals surface area contributed by atoms with Crippen molar-refractivity contribution in [2.75, 3.05) is 46.3 Å². The Morgan fingerprint density at radius 3 is 2.31 bits per heavy atom. The number of benzene rings is 1. The summed E-state index contributed by atoms with van der Waals surface area (Å²) in [5.74, 6) is 0.231. The van der Waals surface area contributed by atoms with Crippen LogP contribution < -0.4 is 5.73 Å². The number of hydrogen-bond donors (Lipinski definition) is 1. The van der Waals surface area contributed by atoms with Crippen LogP contribution >= 0.6 is 0 Å². The third kappa shape index (κ3) is 2.86. The Bertz CT molecular complexity index is 704. The number of amides is 3. The number of carbonyl (C=O) groups excluding carboxylic acids is 2. The second kappa shape index (κ2) is 6.58. The van der Waals surface area contributed by atoms with Crippen LogP contribution in [0.5, 0.6) is 0 Å². The van der Waals surface area contributed by atoms with Gasteiger partial charge < -0.3 is 20.4 Å². The van der Waals surface area contributed by atoms with Crippen LogP contribution in [0, 0.1) is 0 Å². The lowest BCUT2D eigenvalue weighted by Gasteiger charge is -2.40. The topological polar surface area (TPSA) is 69.9 Å². The molecule has 2 fully saturated rings. The monoisotopic (exact) mass is 356 g/mol. The van der Waals surface area contributed by atoms with Crippen molar-refractivity contribution in [3.63, 3.8) is 0 Å². The summed E-state index contributed by atoms with van der Waals surface area (Å²) >= 11 is 0. The van der Waals surface area contributed by atoms with Crippen molar-refractivity contribution < 1.29 is 9.59 Å². The van der Waals surface area contributed by atoms with Gasteiger partial charge in [-0.05, 0) is 37.4 Å². The molecule has 3 aliphatic rings. The Balaban J connectivity index is 1.57. The van der Waals surface area contributed by atoms with Crippen molar-refractivity contribution in [2.45, 2.75) is 30.6 Å². The standard InChI is InChI=1S/C20H28N4O2/c1-22-10-12-23(13-11-22)18(25)16-14-20(17-5-3-2-4-15(16)17)6-8-24(9-7-20)19(21)26/h2-5,16H,6-14H2,1H3,(H2,21,26)/t16-/m1/s1. The third-order valence-electron chi connectivity index (χ3n) is 6.65. The highest BCUT2D eigenvalue weighted by molar-refractivity contribution is 5.86. The Kier molecular flexibility index (Phi) is 4.39. The van der Waals surface area contributed by atoms with Crippen LogP contribution in [0.1, 0.15) is 36.3 Å². The fraction of sp³-hybridized carbons (Fsp3) is 0.600. The highest BCUT2D eigenvalue weighted by Crippen LogP contribution is 2.52. The van der Waals surface area contributed by atoms with Crippen LogP contribution in [0.3, 0.4) is 0 Å². The maximum absolute atomic E-state index is 13.3. The van der Waals surface area contributed by atoms with E-state index in [4.69, 9.17) is 5.73 Å². The highest BCUT2D eigenvalue weighted by Gasteiger charge is 2.48. The number of primary amides is 1. The number of fused-ring (bicyclic) bond motifs is 2. The number of nitrogens with zero attached hydrogens (tertiary/aromatic N) is 3. The molecule has 2 aliphatic heterocycles. The van der Waals surface area contributed by atoms with Gasteiger partial charge in [0.1, 0.15) is 0 Å². The van der Waals surface area contributed by atoms with E-state index in [0.29, 0.717) is 13.1 Å². The first kappa shape index (κ1) is 17.3. The lowest BCUT2D eigenvalue weighted by molar-refractivity contribution is -0.134. The van der Waals surface area contributed by atoms with Crippen LogP contribution in [-0.2, 0) is 10.2 Å². The van der Waals surface area contributed by atoms with Gasteiger partial charge in [0.05, 0.1) is 5.92 Å². The zero-order valence-corrected chi connectivity index (χ0v) is 15.5. The summed E-state index contributed by atoms with van der Waals surface area (Å²) in [5, 5.41) is 0. The average Bonchev–Trinajstić information content (AvgIpc) is 2.97. The van der Waals surface area contributed by atoms with Crippen LogP contribution in [0.15, 0.2) is 24.3 Å². The van der Waals surface area contributed by atoms with E-state index >= 15 is 0 Å². The second-order valence-corrected chi connectivity index (χ2v) is 8.08. The molecular weight excluding hydrogens is 328 g/mol. The molecule has 2 heterocycles. The predicted molar refractivity (Wildman–Crippen MR) is 99.9 cm³/mol. The van der Waals surface area contributed by atoms with Gasteiger partial charge in [0.25, 0.3) is 0 Å². The number of rotatable bonds is 1. The van der Waals surface area contributed by atoms with Crippen molar-refractivity contribution >= 4 is 11.9 Å². The van der Waals surface area contributed by atoms with Crippen molar-refractivity contribution in [3.05, 3.63) is 35.4 Å². The van der Waals surface area contributed by atoms with Gasteiger partial charge in [-0.2, -0.15) is 0 Å². The molecule has 26 heavy (non-hydrogen) atoms. The molecule has 3 amide bonds. The van der Waals surface area contributed by atoms with E-state index in [1.165, 1.54) is 11.1 Å². The number of nitrogens with two attached hydrogens (primary N) is 1. The van der Waals surface area contributed by atoms with Gasteiger partial charge in [-0.15, -0.1) is 0 Å². The minimum Gasteiger partial charge on any atom is -0.351 e. The molecule has 6 heteroatoms. The molecule has 2 N–H and O–H groups in total. The van der Waals surface area contributed by atoms with E-state index in [9.17, 15) is 9.59 Å². The number of carbonyl (C=O) groups is 2. The average molecular weight is 356 g/mol. The Morgan fingerprint density at radius 1 is 1.00 bits per heavy atom. The number of piperidine rings is 1. The number of piperazine rings is 1. The van der Waals surface area contributed by atoms with Crippen LogP contribution in [0.4, 0.5) is 4.79 Å². The first-order valence-corrected chi connectivity index (χ1v) is 9.61. The summed E-state index contributed by atoms with van der Waals surface area (Å²) in [4.78, 5) is 30.8. The summed E-state index contributed by atoms with van der Waals surface area (Å²) in [5.41, 5.74) is 7.98. The Labute approximate surface area is 154 Å². The molecule has 0 saturated carbocycles. The van der Waals surface area contributed by atoms with E-state index in [1.807, 2.05) is 11.0 Å². The highest BCUT2D eigenvalue weighted by atomic mass is 16.2. The Hall–Kier alpha value is -2.08. The van der Waals surface area contributed by atoms with Gasteiger partial charge >= 0.3 is 6.03 Å². The minimum atomic E-state index is -0.337. The molecule has 4 rings (SSSR count). The van der Waals surface area contributed by atoms with E-state index in [0.717, 1.165) is 45.4 Å². The summed E-state index contributed by atoms with van der Waals surface area (Å²) < 4.78 is 0. The number of likely N-dealkylation sites (N-methyl/N-ethyl adjacent to an activating group) is 1. The summed E-state index contributed by atoms with van der Waals surface area (Å²) in [7, 11) is 2.11. The largest absolute Gasteiger partial charge is 0.351 e. The van der Waals surface area contributed by atoms with Gasteiger partial charge in [-0.3, -0.25) is 4.79 Å². The second-order valence-electron chi connectivity index (χ2n) is 8.08. The quantitative estimate of drug-likeness (QED) is 0.826. The van der Waals surface area contributed by atoms with Gasteiger partial charge in [0, 0.05) is 44.7 Å². The van der Waals surface area contributed by atoms with Gasteiger partial charge in [0.2, 0.25) is 5.91 Å². The Morgan fingerprint density at radius 2 is 1.65 bits per heavy atom. The van der Waals surface area contributed by atoms with Crippen molar-refractivity contribution in [3.8, 4) is 0 Å². The number of likely N-dealkylation sites (tertiary alicyclic amines) is 1. The molecule has 6 nitrogen and oxygen atoms in total. The van der Waals surface area contributed by atoms with E-state index in [2.05, 4.69) is 30.1 Å². The lowest BCUT2D eigenvalue weighted by Crippen LogP contribution is -2.49. The third-order valence-corrected chi connectivity index (χ3v) is 6.65. The number of hydrogen-bond acceptors (Lipinski definition) is 3. The van der Waals surface area contributed by atoms with Crippen molar-refractivity contribution in [2.24, 2.45) is 5.73 Å². The predicted octanol–water partition coefficient (Wildman–Crippen LogP) is 1.36. The smallest absolute Gasteiger partial charge is 0.314 e. The summed E-state index contributed by atoms with van der Waals surface area (Å²) in [6, 6.07) is 8.09. The normalized spacial score (nSPS) is 25.3.